The summed E-state index contributed by atoms with van der Waals surface area (Å²) >= 11 is 0. The summed E-state index contributed by atoms with van der Waals surface area (Å²) in [4.78, 5) is 0.369. The molecule has 0 saturated heterocycles. The molecule has 1 saturated carbocycles. The van der Waals surface area contributed by atoms with E-state index in [0.29, 0.717) is 17.9 Å². The molecule has 5 heteroatoms. The maximum Gasteiger partial charge on any atom is 0.243 e. The molecule has 1 N–H and O–H groups in total. The molecule has 1 aliphatic rings. The summed E-state index contributed by atoms with van der Waals surface area (Å²) in [5.74, 6) is 0. The summed E-state index contributed by atoms with van der Waals surface area (Å²) in [6.07, 6.45) is 3.43. The minimum Gasteiger partial charge on any atom is -0.396 e. The number of nitrogens with zero attached hydrogens (tertiary/aromatic N) is 1. The maximum absolute atomic E-state index is 12.5. The molecule has 1 aliphatic carbocycles. The second-order valence-electron chi connectivity index (χ2n) is 4.91. The van der Waals surface area contributed by atoms with E-state index in [2.05, 4.69) is 0 Å². The summed E-state index contributed by atoms with van der Waals surface area (Å²) < 4.78 is 26.5. The summed E-state index contributed by atoms with van der Waals surface area (Å²) in [6.45, 7) is 2.57. The lowest BCUT2D eigenvalue weighted by atomic mass is 10.1. The van der Waals surface area contributed by atoms with Crippen molar-refractivity contribution in [2.75, 3.05) is 13.2 Å². The third-order valence-corrected chi connectivity index (χ3v) is 5.46. The van der Waals surface area contributed by atoms with Gasteiger partial charge in [0.2, 0.25) is 10.0 Å². The fourth-order valence-corrected chi connectivity index (χ4v) is 3.93. The number of aryl methyl sites for hydroxylation is 1. The molecule has 106 valence electrons. The van der Waals surface area contributed by atoms with Gasteiger partial charge in [-0.05, 0) is 43.4 Å². The first kappa shape index (κ1) is 14.5. The van der Waals surface area contributed by atoms with Crippen LogP contribution >= 0.6 is 0 Å². The van der Waals surface area contributed by atoms with E-state index in [1.165, 1.54) is 0 Å². The third kappa shape index (κ3) is 3.35. The fourth-order valence-electron chi connectivity index (χ4n) is 2.23. The van der Waals surface area contributed by atoms with Crippen LogP contribution in [0.2, 0.25) is 0 Å². The number of benzene rings is 1. The van der Waals surface area contributed by atoms with Crippen molar-refractivity contribution in [3.05, 3.63) is 29.8 Å². The lowest BCUT2D eigenvalue weighted by molar-refractivity contribution is 0.288. The molecular formula is C14H21NO3S. The van der Waals surface area contributed by atoms with Gasteiger partial charge in [-0.3, -0.25) is 0 Å². The van der Waals surface area contributed by atoms with Gasteiger partial charge in [-0.25, -0.2) is 8.42 Å². The molecule has 0 heterocycles. The molecular weight excluding hydrogens is 262 g/mol. The Morgan fingerprint density at radius 2 is 1.89 bits per heavy atom. The zero-order valence-corrected chi connectivity index (χ0v) is 12.1. The van der Waals surface area contributed by atoms with Crippen LogP contribution in [0.1, 0.15) is 31.7 Å². The molecule has 0 amide bonds. The van der Waals surface area contributed by atoms with Crippen molar-refractivity contribution in [2.45, 2.75) is 43.5 Å². The second kappa shape index (κ2) is 6.03. The van der Waals surface area contributed by atoms with E-state index in [1.54, 1.807) is 16.4 Å². The van der Waals surface area contributed by atoms with E-state index in [9.17, 15) is 8.42 Å². The number of sulfonamides is 1. The van der Waals surface area contributed by atoms with Gasteiger partial charge in [0, 0.05) is 19.2 Å². The molecule has 2 rings (SSSR count). The van der Waals surface area contributed by atoms with E-state index in [0.717, 1.165) is 24.8 Å². The van der Waals surface area contributed by atoms with E-state index in [-0.39, 0.29) is 12.6 Å². The average molecular weight is 283 g/mol. The Labute approximate surface area is 115 Å². The molecule has 1 fully saturated rings. The number of aliphatic hydroxyl groups is 1. The summed E-state index contributed by atoms with van der Waals surface area (Å²) in [5, 5.41) is 8.78. The Balaban J connectivity index is 2.16. The SMILES string of the molecule is CCN(C1CC1)S(=O)(=O)c1ccc(CCCO)cc1. The van der Waals surface area contributed by atoms with Crippen LogP contribution in [-0.4, -0.2) is 37.0 Å². The molecule has 4 nitrogen and oxygen atoms in total. The van der Waals surface area contributed by atoms with Gasteiger partial charge < -0.3 is 5.11 Å². The van der Waals surface area contributed by atoms with Crippen LogP contribution in [0.5, 0.6) is 0 Å². The predicted molar refractivity (Wildman–Crippen MR) is 74.4 cm³/mol. The lowest BCUT2D eigenvalue weighted by Crippen LogP contribution is -2.32. The number of hydrogen-bond acceptors (Lipinski definition) is 3. The van der Waals surface area contributed by atoms with Gasteiger partial charge in [-0.2, -0.15) is 4.31 Å². The van der Waals surface area contributed by atoms with Gasteiger partial charge in [-0.1, -0.05) is 19.1 Å². The molecule has 1 aromatic carbocycles. The number of hydrogen-bond donors (Lipinski definition) is 1. The Morgan fingerprint density at radius 3 is 2.37 bits per heavy atom. The monoisotopic (exact) mass is 283 g/mol. The molecule has 0 unspecified atom stereocenters. The van der Waals surface area contributed by atoms with Crippen molar-refractivity contribution in [2.24, 2.45) is 0 Å². The highest BCUT2D eigenvalue weighted by atomic mass is 32.2. The highest BCUT2D eigenvalue weighted by Crippen LogP contribution is 2.31. The first-order valence-electron chi connectivity index (χ1n) is 6.81. The summed E-state index contributed by atoms with van der Waals surface area (Å²) in [6, 6.07) is 7.22. The molecule has 1 aromatic rings. The largest absolute Gasteiger partial charge is 0.396 e. The van der Waals surface area contributed by atoms with E-state index in [1.807, 2.05) is 19.1 Å². The zero-order valence-electron chi connectivity index (χ0n) is 11.2. The Kier molecular flexibility index (Phi) is 4.60. The molecule has 19 heavy (non-hydrogen) atoms. The van der Waals surface area contributed by atoms with E-state index in [4.69, 9.17) is 5.11 Å². The van der Waals surface area contributed by atoms with Crippen molar-refractivity contribution >= 4 is 10.0 Å². The molecule has 0 aromatic heterocycles. The number of rotatable bonds is 7. The van der Waals surface area contributed by atoms with Gasteiger partial charge in [0.05, 0.1) is 4.90 Å². The van der Waals surface area contributed by atoms with Gasteiger partial charge in [0.25, 0.3) is 0 Å². The lowest BCUT2D eigenvalue weighted by Gasteiger charge is -2.20. The Bertz CT molecular complexity index is 506. The quantitative estimate of drug-likeness (QED) is 0.830. The highest BCUT2D eigenvalue weighted by molar-refractivity contribution is 7.89. The first-order chi connectivity index (χ1) is 9.09. The van der Waals surface area contributed by atoms with Gasteiger partial charge in [-0.15, -0.1) is 0 Å². The fraction of sp³-hybridized carbons (Fsp3) is 0.571. The van der Waals surface area contributed by atoms with Crippen LogP contribution in [0.25, 0.3) is 0 Å². The van der Waals surface area contributed by atoms with Gasteiger partial charge in [0.15, 0.2) is 0 Å². The first-order valence-corrected chi connectivity index (χ1v) is 8.25. The summed E-state index contributed by atoms with van der Waals surface area (Å²) in [5.41, 5.74) is 1.06. The molecule has 0 aliphatic heterocycles. The van der Waals surface area contributed by atoms with E-state index < -0.39 is 10.0 Å². The van der Waals surface area contributed by atoms with Crippen LogP contribution in [0, 0.1) is 0 Å². The maximum atomic E-state index is 12.5. The highest BCUT2D eigenvalue weighted by Gasteiger charge is 2.36. The van der Waals surface area contributed by atoms with Crippen molar-refractivity contribution < 1.29 is 13.5 Å². The molecule has 0 spiro atoms. The normalized spacial score (nSPS) is 15.9. The Morgan fingerprint density at radius 1 is 1.26 bits per heavy atom. The topological polar surface area (TPSA) is 57.6 Å². The smallest absolute Gasteiger partial charge is 0.243 e. The minimum absolute atomic E-state index is 0.158. The van der Waals surface area contributed by atoms with Crippen LogP contribution < -0.4 is 0 Å². The van der Waals surface area contributed by atoms with E-state index >= 15 is 0 Å². The average Bonchev–Trinajstić information content (AvgIpc) is 3.22. The number of aliphatic hydroxyl groups excluding tert-OH is 1. The standard InChI is InChI=1S/C14H21NO3S/c1-2-15(13-7-8-13)19(17,18)14-9-5-12(6-10-14)4-3-11-16/h5-6,9-10,13,16H,2-4,7-8,11H2,1H3. The van der Waals surface area contributed by atoms with Crippen molar-refractivity contribution in [1.29, 1.82) is 0 Å². The van der Waals surface area contributed by atoms with Crippen LogP contribution in [-0.2, 0) is 16.4 Å². The molecule has 0 radical (unpaired) electrons. The Hall–Kier alpha value is -0.910. The summed E-state index contributed by atoms with van der Waals surface area (Å²) in [7, 11) is -3.34. The van der Waals surface area contributed by atoms with Gasteiger partial charge in [0.1, 0.15) is 0 Å². The van der Waals surface area contributed by atoms with Crippen molar-refractivity contribution in [1.82, 2.24) is 4.31 Å². The third-order valence-electron chi connectivity index (χ3n) is 3.42. The van der Waals surface area contributed by atoms with Gasteiger partial charge >= 0.3 is 0 Å². The van der Waals surface area contributed by atoms with Crippen molar-refractivity contribution in [3.8, 4) is 0 Å². The van der Waals surface area contributed by atoms with Crippen LogP contribution in [0.4, 0.5) is 0 Å². The molecule has 0 bridgehead atoms. The predicted octanol–water partition coefficient (Wildman–Crippen LogP) is 1.78. The van der Waals surface area contributed by atoms with Crippen molar-refractivity contribution in [3.63, 3.8) is 0 Å². The zero-order chi connectivity index (χ0) is 13.9. The molecule has 0 atom stereocenters. The van der Waals surface area contributed by atoms with Crippen LogP contribution in [0.3, 0.4) is 0 Å². The van der Waals surface area contributed by atoms with Crippen LogP contribution in [0.15, 0.2) is 29.2 Å². The second-order valence-corrected chi connectivity index (χ2v) is 6.80. The minimum atomic E-state index is -3.34.